The molecule has 0 amide bonds. The Bertz CT molecular complexity index is 404. The fourth-order valence-electron chi connectivity index (χ4n) is 3.96. The highest BCUT2D eigenvalue weighted by Crippen LogP contribution is 2.32. The molecule has 0 aliphatic heterocycles. The number of anilines is 1. The maximum absolute atomic E-state index is 4.38. The van der Waals surface area contributed by atoms with E-state index in [1.165, 1.54) is 69.2 Å². The number of nitrogens with zero attached hydrogens (tertiary/aromatic N) is 3. The van der Waals surface area contributed by atoms with E-state index in [4.69, 9.17) is 0 Å². The number of hydrogen-bond acceptors (Lipinski definition) is 5. The van der Waals surface area contributed by atoms with Crippen molar-refractivity contribution < 1.29 is 0 Å². The molecule has 0 spiro atoms. The molecule has 3 rings (SSSR count). The van der Waals surface area contributed by atoms with Crippen molar-refractivity contribution in [3.8, 4) is 0 Å². The van der Waals surface area contributed by atoms with Crippen LogP contribution in [0, 0.1) is 0 Å². The van der Waals surface area contributed by atoms with Gasteiger partial charge in [0.15, 0.2) is 0 Å². The summed E-state index contributed by atoms with van der Waals surface area (Å²) < 4.78 is 0. The first-order valence-electron chi connectivity index (χ1n) is 8.62. The van der Waals surface area contributed by atoms with Gasteiger partial charge in [0.1, 0.15) is 5.01 Å². The number of aromatic nitrogens is 2. The second-order valence-corrected chi connectivity index (χ2v) is 7.57. The molecule has 5 heteroatoms. The molecule has 0 unspecified atom stereocenters. The number of hydrogen-bond donors (Lipinski definition) is 1. The van der Waals surface area contributed by atoms with Crippen LogP contribution in [0.1, 0.15) is 69.2 Å². The molecule has 2 saturated carbocycles. The van der Waals surface area contributed by atoms with Gasteiger partial charge >= 0.3 is 0 Å². The van der Waals surface area contributed by atoms with E-state index < -0.39 is 0 Å². The zero-order chi connectivity index (χ0) is 14.5. The lowest BCUT2D eigenvalue weighted by atomic mass is 9.88. The Hall–Kier alpha value is -0.680. The molecule has 2 aliphatic carbocycles. The highest BCUT2D eigenvalue weighted by molar-refractivity contribution is 7.15. The molecule has 0 bridgehead atoms. The van der Waals surface area contributed by atoms with Crippen molar-refractivity contribution in [2.45, 2.75) is 82.8 Å². The van der Waals surface area contributed by atoms with Gasteiger partial charge in [-0.05, 0) is 25.7 Å². The fourth-order valence-corrected chi connectivity index (χ4v) is 4.66. The second kappa shape index (κ2) is 7.54. The van der Waals surface area contributed by atoms with Gasteiger partial charge in [0.2, 0.25) is 5.13 Å². The smallest absolute Gasteiger partial charge is 0.205 e. The Balaban J connectivity index is 1.70. The van der Waals surface area contributed by atoms with Gasteiger partial charge in [-0.2, -0.15) is 0 Å². The molecule has 1 aromatic heterocycles. The molecule has 0 radical (unpaired) electrons. The van der Waals surface area contributed by atoms with Crippen LogP contribution in [-0.4, -0.2) is 34.2 Å². The van der Waals surface area contributed by atoms with Crippen LogP contribution >= 0.6 is 11.3 Å². The summed E-state index contributed by atoms with van der Waals surface area (Å²) >= 11 is 1.71. The third-order valence-electron chi connectivity index (χ3n) is 5.09. The minimum atomic E-state index is 0.781. The zero-order valence-electron chi connectivity index (χ0n) is 13.2. The number of rotatable bonds is 5. The monoisotopic (exact) mass is 308 g/mol. The van der Waals surface area contributed by atoms with Crippen molar-refractivity contribution in [3.05, 3.63) is 5.01 Å². The van der Waals surface area contributed by atoms with Crippen LogP contribution in [0.15, 0.2) is 0 Å². The lowest BCUT2D eigenvalue weighted by molar-refractivity contribution is 0.0728. The third-order valence-corrected chi connectivity index (χ3v) is 6.01. The zero-order valence-corrected chi connectivity index (χ0v) is 14.0. The molecule has 0 aromatic carbocycles. The van der Waals surface area contributed by atoms with E-state index in [1.807, 2.05) is 7.05 Å². The molecule has 2 aliphatic rings. The van der Waals surface area contributed by atoms with Crippen LogP contribution < -0.4 is 5.32 Å². The molecular formula is C16H28N4S. The first-order valence-corrected chi connectivity index (χ1v) is 9.44. The summed E-state index contributed by atoms with van der Waals surface area (Å²) in [6, 6.07) is 1.56. The van der Waals surface area contributed by atoms with Crippen LogP contribution in [0.25, 0.3) is 0 Å². The van der Waals surface area contributed by atoms with Gasteiger partial charge in [-0.3, -0.25) is 4.90 Å². The van der Waals surface area contributed by atoms with Gasteiger partial charge in [-0.15, -0.1) is 10.2 Å². The van der Waals surface area contributed by atoms with Gasteiger partial charge in [0, 0.05) is 19.1 Å². The van der Waals surface area contributed by atoms with Crippen molar-refractivity contribution in [3.63, 3.8) is 0 Å². The van der Waals surface area contributed by atoms with Crippen molar-refractivity contribution >= 4 is 16.5 Å². The van der Waals surface area contributed by atoms with E-state index in [1.54, 1.807) is 11.3 Å². The minimum Gasteiger partial charge on any atom is -0.363 e. The van der Waals surface area contributed by atoms with E-state index in [-0.39, 0.29) is 0 Å². The van der Waals surface area contributed by atoms with Gasteiger partial charge < -0.3 is 5.32 Å². The molecule has 21 heavy (non-hydrogen) atoms. The largest absolute Gasteiger partial charge is 0.363 e. The molecule has 1 heterocycles. The number of nitrogens with one attached hydrogen (secondary N) is 1. The van der Waals surface area contributed by atoms with E-state index >= 15 is 0 Å². The van der Waals surface area contributed by atoms with Gasteiger partial charge in [0.05, 0.1) is 6.54 Å². The van der Waals surface area contributed by atoms with Gasteiger partial charge in [-0.25, -0.2) is 0 Å². The molecular weight excluding hydrogens is 280 g/mol. The molecule has 0 atom stereocenters. The average Bonchev–Trinajstić information content (AvgIpc) is 3.02. The molecule has 0 saturated heterocycles. The van der Waals surface area contributed by atoms with E-state index in [2.05, 4.69) is 20.4 Å². The summed E-state index contributed by atoms with van der Waals surface area (Å²) in [5.74, 6) is 0. The standard InChI is InChI=1S/C16H28N4S/c1-17-16-19-18-15(21-16)12-20(13-8-4-2-5-9-13)14-10-6-3-7-11-14/h13-14H,2-12H2,1H3,(H,17,19). The second-order valence-electron chi connectivity index (χ2n) is 6.51. The fraction of sp³-hybridized carbons (Fsp3) is 0.875. The van der Waals surface area contributed by atoms with Gasteiger partial charge in [-0.1, -0.05) is 49.9 Å². The Labute approximate surface area is 132 Å². The summed E-state index contributed by atoms with van der Waals surface area (Å²) in [7, 11) is 1.92. The Morgan fingerprint density at radius 2 is 1.52 bits per heavy atom. The van der Waals surface area contributed by atoms with E-state index in [0.29, 0.717) is 0 Å². The van der Waals surface area contributed by atoms with Crippen LogP contribution in [0.3, 0.4) is 0 Å². The predicted molar refractivity (Wildman–Crippen MR) is 88.7 cm³/mol. The topological polar surface area (TPSA) is 41.1 Å². The van der Waals surface area contributed by atoms with Crippen LogP contribution in [-0.2, 0) is 6.54 Å². The SMILES string of the molecule is CNc1nnc(CN(C2CCCCC2)C2CCCCC2)s1. The summed E-state index contributed by atoms with van der Waals surface area (Å²) in [5.41, 5.74) is 0. The third kappa shape index (κ3) is 3.95. The summed E-state index contributed by atoms with van der Waals surface area (Å²) in [6.07, 6.45) is 14.0. The van der Waals surface area contributed by atoms with Crippen molar-refractivity contribution in [1.82, 2.24) is 15.1 Å². The van der Waals surface area contributed by atoms with Crippen molar-refractivity contribution in [1.29, 1.82) is 0 Å². The highest BCUT2D eigenvalue weighted by Gasteiger charge is 2.29. The first kappa shape index (κ1) is 15.2. The van der Waals surface area contributed by atoms with Crippen LogP contribution in [0.4, 0.5) is 5.13 Å². The first-order chi connectivity index (χ1) is 10.4. The molecule has 2 fully saturated rings. The molecule has 4 nitrogen and oxygen atoms in total. The molecule has 1 aromatic rings. The Morgan fingerprint density at radius 1 is 0.952 bits per heavy atom. The minimum absolute atomic E-state index is 0.781. The summed E-state index contributed by atoms with van der Waals surface area (Å²) in [5, 5.41) is 13.8. The molecule has 118 valence electrons. The lowest BCUT2D eigenvalue weighted by Crippen LogP contribution is -2.44. The van der Waals surface area contributed by atoms with E-state index in [0.717, 1.165) is 23.8 Å². The molecule has 1 N–H and O–H groups in total. The van der Waals surface area contributed by atoms with Crippen LogP contribution in [0.2, 0.25) is 0 Å². The Kier molecular flexibility index (Phi) is 5.47. The van der Waals surface area contributed by atoms with Crippen molar-refractivity contribution in [2.24, 2.45) is 0 Å². The van der Waals surface area contributed by atoms with Crippen LogP contribution in [0.5, 0.6) is 0 Å². The van der Waals surface area contributed by atoms with Gasteiger partial charge in [0.25, 0.3) is 0 Å². The predicted octanol–water partition coefficient (Wildman–Crippen LogP) is 4.05. The quantitative estimate of drug-likeness (QED) is 0.891. The maximum Gasteiger partial charge on any atom is 0.205 e. The maximum atomic E-state index is 4.38. The summed E-state index contributed by atoms with van der Waals surface area (Å²) in [6.45, 7) is 1.01. The summed E-state index contributed by atoms with van der Waals surface area (Å²) in [4.78, 5) is 2.79. The Morgan fingerprint density at radius 3 is 2.00 bits per heavy atom. The normalized spacial score (nSPS) is 21.8. The van der Waals surface area contributed by atoms with Crippen molar-refractivity contribution in [2.75, 3.05) is 12.4 Å². The van der Waals surface area contributed by atoms with E-state index in [9.17, 15) is 0 Å². The lowest BCUT2D eigenvalue weighted by Gasteiger charge is -2.41. The average molecular weight is 308 g/mol. The highest BCUT2D eigenvalue weighted by atomic mass is 32.1.